The number of carbonyl (C=O) groups excluding carboxylic acids is 2. The molecule has 0 saturated carbocycles. The lowest BCUT2D eigenvalue weighted by molar-refractivity contribution is -0.146. The van der Waals surface area contributed by atoms with Gasteiger partial charge in [0.15, 0.2) is 12.2 Å². The molecule has 0 bridgehead atoms. The molecule has 8 atom stereocenters. The predicted octanol–water partition coefficient (Wildman–Crippen LogP) is 9.06. The number of alkyl carbamates (subject to hydrolysis) is 1. The molecule has 2 heterocycles. The lowest BCUT2D eigenvalue weighted by atomic mass is 9.91. The van der Waals surface area contributed by atoms with Gasteiger partial charge in [-0.2, -0.15) is 0 Å². The number of cyclic esters (lactones) is 1. The summed E-state index contributed by atoms with van der Waals surface area (Å²) in [5.74, 6) is -0.903. The van der Waals surface area contributed by atoms with Crippen LogP contribution in [0, 0.1) is 23.7 Å². The van der Waals surface area contributed by atoms with E-state index in [0.717, 1.165) is 22.3 Å². The normalized spacial score (nSPS) is 26.9. The van der Waals surface area contributed by atoms with E-state index in [0.29, 0.717) is 29.1 Å². The Labute approximate surface area is 315 Å². The van der Waals surface area contributed by atoms with Gasteiger partial charge in [0.1, 0.15) is 5.01 Å². The molecule has 1 aromatic rings. The molecule has 288 valence electrons. The smallest absolute Gasteiger partial charge is 0.407 e. The summed E-state index contributed by atoms with van der Waals surface area (Å²) in [5.41, 5.74) is 4.83. The Balaban J connectivity index is 2.60. The number of hydrogen-bond donors (Lipinski definition) is 3. The van der Waals surface area contributed by atoms with E-state index in [-0.39, 0.29) is 29.8 Å². The molecular formula is C42H62N2O7S. The van der Waals surface area contributed by atoms with Crippen LogP contribution in [-0.4, -0.2) is 59.7 Å². The first kappa shape index (κ1) is 44.6. The number of nitrogens with one attached hydrogen (secondary N) is 1. The lowest BCUT2D eigenvalue weighted by Crippen LogP contribution is -2.30. The Morgan fingerprint density at radius 3 is 2.37 bits per heavy atom. The number of aliphatic hydroxyl groups excluding tert-OH is 2. The van der Waals surface area contributed by atoms with E-state index in [2.05, 4.69) is 19.2 Å². The zero-order valence-electron chi connectivity index (χ0n) is 33.2. The highest BCUT2D eigenvalue weighted by atomic mass is 32.1. The van der Waals surface area contributed by atoms with Crippen molar-refractivity contribution in [2.24, 2.45) is 23.7 Å². The number of esters is 1. The second kappa shape index (κ2) is 21.8. The number of allylic oxidation sites excluding steroid dienone is 8. The van der Waals surface area contributed by atoms with Crippen LogP contribution in [0.1, 0.15) is 105 Å². The largest absolute Gasteiger partial charge is 0.452 e. The zero-order chi connectivity index (χ0) is 39.1. The molecule has 0 saturated heterocycles. The van der Waals surface area contributed by atoms with Crippen molar-refractivity contribution in [3.63, 3.8) is 0 Å². The van der Waals surface area contributed by atoms with Gasteiger partial charge >= 0.3 is 12.1 Å². The number of carbonyl (C=O) groups is 2. The minimum absolute atomic E-state index is 0.147. The molecule has 1 aliphatic rings. The van der Waals surface area contributed by atoms with E-state index in [1.165, 1.54) is 18.4 Å². The number of aromatic nitrogens is 1. The summed E-state index contributed by atoms with van der Waals surface area (Å²) in [6.07, 6.45) is 14.6. The van der Waals surface area contributed by atoms with Crippen LogP contribution in [0.2, 0.25) is 0 Å². The van der Waals surface area contributed by atoms with Crippen LogP contribution >= 0.6 is 11.3 Å². The Morgan fingerprint density at radius 1 is 1.04 bits per heavy atom. The first-order chi connectivity index (χ1) is 24.5. The Hall–Kier alpha value is -3.57. The average Bonchev–Trinajstić information content (AvgIpc) is 3.57. The number of ether oxygens (including phenoxy) is 3. The number of methoxy groups -OCH3 is 1. The highest BCUT2D eigenvalue weighted by Gasteiger charge is 2.29. The summed E-state index contributed by atoms with van der Waals surface area (Å²) in [5, 5.41) is 27.0. The summed E-state index contributed by atoms with van der Waals surface area (Å²) in [7, 11) is 3.15. The summed E-state index contributed by atoms with van der Waals surface area (Å²) in [6.45, 7) is 19.6. The van der Waals surface area contributed by atoms with Gasteiger partial charge in [0.05, 0.1) is 24.0 Å². The molecular weight excluding hydrogens is 677 g/mol. The Bertz CT molecular complexity index is 1550. The lowest BCUT2D eigenvalue weighted by Gasteiger charge is -2.26. The number of nitrogens with zero attached hydrogens (tertiary/aromatic N) is 1. The molecule has 0 unspecified atom stereocenters. The quantitative estimate of drug-likeness (QED) is 0.195. The monoisotopic (exact) mass is 738 g/mol. The predicted molar refractivity (Wildman–Crippen MR) is 211 cm³/mol. The van der Waals surface area contributed by atoms with Crippen molar-refractivity contribution < 1.29 is 34.0 Å². The number of amides is 1. The maximum Gasteiger partial charge on any atom is 0.407 e. The van der Waals surface area contributed by atoms with Crippen molar-refractivity contribution in [2.45, 2.75) is 113 Å². The first-order valence-corrected chi connectivity index (χ1v) is 19.0. The minimum Gasteiger partial charge on any atom is -0.452 e. The molecule has 10 heteroatoms. The molecule has 0 radical (unpaired) electrons. The first-order valence-electron chi connectivity index (χ1n) is 18.1. The molecule has 2 rings (SSSR count). The minimum atomic E-state index is -0.755. The van der Waals surface area contributed by atoms with Gasteiger partial charge in [-0.25, -0.2) is 14.6 Å². The third-order valence-electron chi connectivity index (χ3n) is 9.03. The topological polar surface area (TPSA) is 127 Å². The van der Waals surface area contributed by atoms with Crippen LogP contribution in [0.3, 0.4) is 0 Å². The van der Waals surface area contributed by atoms with E-state index < -0.39 is 36.5 Å². The van der Waals surface area contributed by atoms with Gasteiger partial charge in [-0.3, -0.25) is 0 Å². The maximum absolute atomic E-state index is 13.6. The van der Waals surface area contributed by atoms with Gasteiger partial charge < -0.3 is 29.7 Å². The summed E-state index contributed by atoms with van der Waals surface area (Å²) < 4.78 is 17.7. The van der Waals surface area contributed by atoms with E-state index in [9.17, 15) is 19.8 Å². The van der Waals surface area contributed by atoms with Crippen molar-refractivity contribution in [1.29, 1.82) is 0 Å². The third kappa shape index (κ3) is 14.5. The second-order valence-corrected chi connectivity index (χ2v) is 15.4. The standard InChI is InChI=1S/C42H62N2O7S/c1-25(2)20-37(50-42(48)43-11)40-44-34(24-52-40)39-30(7)15-13-14-29(6)38(49-12)33(10)35(45)19-17-26(3)21-28(5)22-32(9)36(46)23-27(4)16-18-31(8)41(47)51-39/h13-15,17-19,21-25,30,32-33,35-39,45-46H,16,20H2,1-12H3,(H,43,48)/t30-,32+,33+,35+,36+,37-,38+,39-/m1/s1. The van der Waals surface area contributed by atoms with Crippen molar-refractivity contribution in [2.75, 3.05) is 14.2 Å². The highest BCUT2D eigenvalue weighted by molar-refractivity contribution is 7.09. The SMILES string of the molecule is CNC(=O)O[C@H](CC(C)C)c1nc([C@@H]2OC(=O)C(C)=CCC(C)=C[C@H](O)[C@@H](C)C=C(C)C=C(C)C=C[C@H](O)[C@H](C)[C@@H](OC)C(C)=CC=C[C@H]2C)cs1. The highest BCUT2D eigenvalue weighted by Crippen LogP contribution is 2.34. The van der Waals surface area contributed by atoms with Crippen molar-refractivity contribution in [3.05, 3.63) is 98.6 Å². The van der Waals surface area contributed by atoms with Crippen LogP contribution < -0.4 is 5.32 Å². The summed E-state index contributed by atoms with van der Waals surface area (Å²) >= 11 is 1.37. The molecule has 0 fully saturated rings. The molecule has 1 aromatic heterocycles. The number of hydrogen-bond acceptors (Lipinski definition) is 9. The van der Waals surface area contributed by atoms with Gasteiger partial charge in [0.2, 0.25) is 0 Å². The molecule has 0 spiro atoms. The van der Waals surface area contributed by atoms with Crippen LogP contribution in [0.15, 0.2) is 87.9 Å². The second-order valence-electron chi connectivity index (χ2n) is 14.5. The van der Waals surface area contributed by atoms with Crippen LogP contribution in [0.5, 0.6) is 0 Å². The molecule has 52 heavy (non-hydrogen) atoms. The molecule has 3 N–H and O–H groups in total. The van der Waals surface area contributed by atoms with Crippen LogP contribution in [-0.2, 0) is 19.0 Å². The van der Waals surface area contributed by atoms with Gasteiger partial charge in [-0.15, -0.1) is 11.3 Å². The van der Waals surface area contributed by atoms with Crippen LogP contribution in [0.4, 0.5) is 4.79 Å². The zero-order valence-corrected chi connectivity index (χ0v) is 34.0. The molecule has 0 aromatic carbocycles. The van der Waals surface area contributed by atoms with Gasteiger partial charge in [0.25, 0.3) is 0 Å². The molecule has 1 amide bonds. The fourth-order valence-electron chi connectivity index (χ4n) is 5.92. The average molecular weight is 739 g/mol. The summed E-state index contributed by atoms with van der Waals surface area (Å²) in [4.78, 5) is 30.6. The number of aliphatic hydroxyl groups is 2. The number of thiazole rings is 1. The van der Waals surface area contributed by atoms with Gasteiger partial charge in [-0.05, 0) is 59.0 Å². The number of rotatable bonds is 6. The third-order valence-corrected chi connectivity index (χ3v) is 9.99. The maximum atomic E-state index is 13.6. The van der Waals surface area contributed by atoms with Crippen molar-refractivity contribution >= 4 is 23.4 Å². The van der Waals surface area contributed by atoms with Crippen molar-refractivity contribution in [1.82, 2.24) is 10.3 Å². The Kier molecular flexibility index (Phi) is 18.7. The van der Waals surface area contributed by atoms with E-state index in [1.54, 1.807) is 20.1 Å². The van der Waals surface area contributed by atoms with Crippen LogP contribution in [0.25, 0.3) is 0 Å². The van der Waals surface area contributed by atoms with Gasteiger partial charge in [-0.1, -0.05) is 106 Å². The molecule has 0 aliphatic carbocycles. The fourth-order valence-corrected chi connectivity index (χ4v) is 6.80. The van der Waals surface area contributed by atoms with E-state index in [4.69, 9.17) is 19.2 Å². The van der Waals surface area contributed by atoms with E-state index >= 15 is 0 Å². The molecule has 9 nitrogen and oxygen atoms in total. The molecule has 1 aliphatic heterocycles. The van der Waals surface area contributed by atoms with E-state index in [1.807, 2.05) is 102 Å². The summed E-state index contributed by atoms with van der Waals surface area (Å²) in [6, 6.07) is 0. The fraction of sp³-hybridized carbons (Fsp3) is 0.548. The van der Waals surface area contributed by atoms with Gasteiger partial charge in [0, 0.05) is 42.9 Å². The van der Waals surface area contributed by atoms with Crippen molar-refractivity contribution in [3.8, 4) is 0 Å². The Morgan fingerprint density at radius 2 is 1.73 bits per heavy atom.